The van der Waals surface area contributed by atoms with Crippen LogP contribution in [-0.2, 0) is 6.54 Å². The van der Waals surface area contributed by atoms with Crippen molar-refractivity contribution in [2.24, 2.45) is 4.99 Å². The van der Waals surface area contributed by atoms with Gasteiger partial charge in [0.05, 0.1) is 5.69 Å². The van der Waals surface area contributed by atoms with E-state index in [0.29, 0.717) is 5.92 Å². The number of likely N-dealkylation sites (tertiary alicyclic amines) is 1. The molecule has 1 aromatic carbocycles. The van der Waals surface area contributed by atoms with Crippen molar-refractivity contribution < 1.29 is 0 Å². The first-order valence-electron chi connectivity index (χ1n) is 9.19. The molecule has 2 aromatic rings. The Hall–Kier alpha value is -1.57. The van der Waals surface area contributed by atoms with Gasteiger partial charge in [0.25, 0.3) is 0 Å². The van der Waals surface area contributed by atoms with Crippen LogP contribution in [0.2, 0.25) is 0 Å². The van der Waals surface area contributed by atoms with Gasteiger partial charge in [-0.15, -0.1) is 24.0 Å². The summed E-state index contributed by atoms with van der Waals surface area (Å²) in [4.78, 5) is 6.85. The second-order valence-electron chi connectivity index (χ2n) is 6.82. The quantitative estimate of drug-likeness (QED) is 0.317. The highest BCUT2D eigenvalue weighted by Crippen LogP contribution is 2.26. The SMILES string of the molecule is CN=C(NCCCn1nc(C)cc1C)N1CCC(c2ccccc2)C1.I. The Kier molecular flexibility index (Phi) is 7.93. The van der Waals surface area contributed by atoms with E-state index in [2.05, 4.69) is 68.3 Å². The Morgan fingerprint density at radius 2 is 2.04 bits per heavy atom. The zero-order valence-electron chi connectivity index (χ0n) is 16.0. The number of nitrogens with zero attached hydrogens (tertiary/aromatic N) is 4. The smallest absolute Gasteiger partial charge is 0.193 e. The van der Waals surface area contributed by atoms with Crippen LogP contribution in [0, 0.1) is 13.8 Å². The third-order valence-electron chi connectivity index (χ3n) is 4.90. The second kappa shape index (κ2) is 9.94. The van der Waals surface area contributed by atoms with Crippen LogP contribution in [0.3, 0.4) is 0 Å². The summed E-state index contributed by atoms with van der Waals surface area (Å²) < 4.78 is 2.08. The predicted octanol–water partition coefficient (Wildman–Crippen LogP) is 3.57. The molecule has 1 saturated heterocycles. The number of rotatable bonds is 5. The molecule has 1 aliphatic heterocycles. The second-order valence-corrected chi connectivity index (χ2v) is 6.82. The highest BCUT2D eigenvalue weighted by Gasteiger charge is 2.25. The van der Waals surface area contributed by atoms with E-state index in [-0.39, 0.29) is 24.0 Å². The van der Waals surface area contributed by atoms with Crippen molar-refractivity contribution >= 4 is 29.9 Å². The van der Waals surface area contributed by atoms with Gasteiger partial charge in [0, 0.05) is 44.8 Å². The average molecular weight is 467 g/mol. The largest absolute Gasteiger partial charge is 0.356 e. The van der Waals surface area contributed by atoms with Crippen LogP contribution in [0.25, 0.3) is 0 Å². The van der Waals surface area contributed by atoms with Crippen LogP contribution in [0.5, 0.6) is 0 Å². The molecule has 0 bridgehead atoms. The molecular weight excluding hydrogens is 437 g/mol. The molecule has 142 valence electrons. The van der Waals surface area contributed by atoms with Crippen LogP contribution in [0.4, 0.5) is 0 Å². The summed E-state index contributed by atoms with van der Waals surface area (Å²) in [7, 11) is 1.87. The number of aryl methyl sites for hydroxylation is 3. The molecule has 0 saturated carbocycles. The Balaban J connectivity index is 0.00000243. The molecule has 0 aliphatic carbocycles. The summed E-state index contributed by atoms with van der Waals surface area (Å²) >= 11 is 0. The van der Waals surface area contributed by atoms with Gasteiger partial charge >= 0.3 is 0 Å². The van der Waals surface area contributed by atoms with Crippen LogP contribution in [0.15, 0.2) is 41.4 Å². The molecule has 26 heavy (non-hydrogen) atoms. The van der Waals surface area contributed by atoms with Gasteiger partial charge in [-0.3, -0.25) is 9.67 Å². The lowest BCUT2D eigenvalue weighted by Gasteiger charge is -2.22. The number of aliphatic imine (C=N–C) groups is 1. The van der Waals surface area contributed by atoms with E-state index in [1.54, 1.807) is 0 Å². The molecule has 0 amide bonds. The van der Waals surface area contributed by atoms with Crippen LogP contribution >= 0.6 is 24.0 Å². The van der Waals surface area contributed by atoms with Crippen molar-refractivity contribution in [2.45, 2.75) is 39.2 Å². The third kappa shape index (κ3) is 5.22. The van der Waals surface area contributed by atoms with Crippen molar-refractivity contribution in [3.8, 4) is 0 Å². The van der Waals surface area contributed by atoms with Gasteiger partial charge in [-0.1, -0.05) is 30.3 Å². The fourth-order valence-corrected chi connectivity index (χ4v) is 3.61. The summed E-state index contributed by atoms with van der Waals surface area (Å²) in [5.41, 5.74) is 3.75. The Morgan fingerprint density at radius 1 is 1.27 bits per heavy atom. The first-order valence-corrected chi connectivity index (χ1v) is 9.19. The van der Waals surface area contributed by atoms with E-state index in [1.165, 1.54) is 17.7 Å². The van der Waals surface area contributed by atoms with Gasteiger partial charge in [-0.05, 0) is 38.3 Å². The van der Waals surface area contributed by atoms with E-state index in [0.717, 1.165) is 44.3 Å². The zero-order valence-corrected chi connectivity index (χ0v) is 18.3. The van der Waals surface area contributed by atoms with Gasteiger partial charge in [0.2, 0.25) is 0 Å². The lowest BCUT2D eigenvalue weighted by molar-refractivity contribution is 0.478. The number of hydrogen-bond acceptors (Lipinski definition) is 2. The molecule has 1 unspecified atom stereocenters. The Labute approximate surface area is 173 Å². The van der Waals surface area contributed by atoms with Crippen molar-refractivity contribution in [1.82, 2.24) is 20.0 Å². The Morgan fingerprint density at radius 3 is 2.69 bits per heavy atom. The summed E-state index contributed by atoms with van der Waals surface area (Å²) in [6, 6.07) is 12.9. The number of nitrogens with one attached hydrogen (secondary N) is 1. The van der Waals surface area contributed by atoms with Crippen molar-refractivity contribution in [3.05, 3.63) is 53.3 Å². The molecule has 6 heteroatoms. The van der Waals surface area contributed by atoms with Crippen molar-refractivity contribution in [2.75, 3.05) is 26.7 Å². The molecule has 1 fully saturated rings. The third-order valence-corrected chi connectivity index (χ3v) is 4.90. The standard InChI is InChI=1S/C20H29N5.HI/c1-16-14-17(2)25(23-16)12-7-11-22-20(21-3)24-13-10-19(15-24)18-8-5-4-6-9-18;/h4-6,8-9,14,19H,7,10-13,15H2,1-3H3,(H,21,22);1H. The van der Waals surface area contributed by atoms with Crippen LogP contribution in [-0.4, -0.2) is 47.3 Å². The van der Waals surface area contributed by atoms with Gasteiger partial charge < -0.3 is 10.2 Å². The molecule has 1 N–H and O–H groups in total. The molecule has 3 rings (SSSR count). The van der Waals surface area contributed by atoms with E-state index < -0.39 is 0 Å². The molecule has 1 aromatic heterocycles. The first-order chi connectivity index (χ1) is 12.2. The van der Waals surface area contributed by atoms with Gasteiger partial charge in [0.1, 0.15) is 0 Å². The predicted molar refractivity (Wildman–Crippen MR) is 118 cm³/mol. The molecule has 2 heterocycles. The monoisotopic (exact) mass is 467 g/mol. The van der Waals surface area contributed by atoms with Crippen molar-refractivity contribution in [3.63, 3.8) is 0 Å². The maximum atomic E-state index is 4.52. The van der Waals surface area contributed by atoms with E-state index >= 15 is 0 Å². The minimum Gasteiger partial charge on any atom is -0.356 e. The first kappa shape index (κ1) is 20.7. The van der Waals surface area contributed by atoms with Crippen molar-refractivity contribution in [1.29, 1.82) is 0 Å². The highest BCUT2D eigenvalue weighted by atomic mass is 127. The minimum atomic E-state index is 0. The van der Waals surface area contributed by atoms with Crippen LogP contribution in [0.1, 0.15) is 35.7 Å². The van der Waals surface area contributed by atoms with Gasteiger partial charge in [-0.25, -0.2) is 0 Å². The highest BCUT2D eigenvalue weighted by molar-refractivity contribution is 14.0. The minimum absolute atomic E-state index is 0. The van der Waals surface area contributed by atoms with Gasteiger partial charge in [-0.2, -0.15) is 5.10 Å². The summed E-state index contributed by atoms with van der Waals surface area (Å²) in [5, 5.41) is 8.03. The summed E-state index contributed by atoms with van der Waals surface area (Å²) in [5.74, 6) is 1.63. The van der Waals surface area contributed by atoms with E-state index in [1.807, 2.05) is 14.0 Å². The number of hydrogen-bond donors (Lipinski definition) is 1. The molecule has 1 aliphatic rings. The summed E-state index contributed by atoms with van der Waals surface area (Å²) in [6.07, 6.45) is 2.23. The topological polar surface area (TPSA) is 45.5 Å². The lowest BCUT2D eigenvalue weighted by Crippen LogP contribution is -2.40. The molecule has 0 spiro atoms. The number of halogens is 1. The average Bonchev–Trinajstić information content (AvgIpc) is 3.22. The normalized spacial score (nSPS) is 17.3. The van der Waals surface area contributed by atoms with Gasteiger partial charge in [0.15, 0.2) is 5.96 Å². The fourth-order valence-electron chi connectivity index (χ4n) is 3.61. The van der Waals surface area contributed by atoms with Crippen LogP contribution < -0.4 is 5.32 Å². The number of aromatic nitrogens is 2. The zero-order chi connectivity index (χ0) is 17.6. The summed E-state index contributed by atoms with van der Waals surface area (Å²) in [6.45, 7) is 8.12. The molecule has 5 nitrogen and oxygen atoms in total. The maximum Gasteiger partial charge on any atom is 0.193 e. The van der Waals surface area contributed by atoms with E-state index in [4.69, 9.17) is 0 Å². The fraction of sp³-hybridized carbons (Fsp3) is 0.500. The van der Waals surface area contributed by atoms with E-state index in [9.17, 15) is 0 Å². The number of benzene rings is 1. The molecule has 1 atom stereocenters. The molecular formula is C20H30IN5. The maximum absolute atomic E-state index is 4.52. The molecule has 0 radical (unpaired) electrons. The lowest BCUT2D eigenvalue weighted by atomic mass is 9.99. The Bertz CT molecular complexity index is 710. The number of guanidine groups is 1.